The van der Waals surface area contributed by atoms with Crippen LogP contribution in [-0.2, 0) is 4.79 Å². The molecule has 1 unspecified atom stereocenters. The molecule has 0 aliphatic heterocycles. The summed E-state index contributed by atoms with van der Waals surface area (Å²) in [5.74, 6) is 0.0584. The maximum atomic E-state index is 11.6. The predicted octanol–water partition coefficient (Wildman–Crippen LogP) is 1.21. The zero-order chi connectivity index (χ0) is 12.7. The van der Waals surface area contributed by atoms with Crippen molar-refractivity contribution < 1.29 is 4.79 Å². The van der Waals surface area contributed by atoms with E-state index in [0.29, 0.717) is 19.6 Å². The Morgan fingerprint density at radius 1 is 1.59 bits per heavy atom. The molecule has 3 N–H and O–H groups in total. The lowest BCUT2D eigenvalue weighted by Gasteiger charge is -2.28. The molecule has 0 fully saturated rings. The number of nitrogens with zero attached hydrogens (tertiary/aromatic N) is 1. The summed E-state index contributed by atoms with van der Waals surface area (Å²) >= 11 is 1.66. The van der Waals surface area contributed by atoms with E-state index in [1.807, 2.05) is 19.2 Å². The Kier molecular flexibility index (Phi) is 6.18. The molecule has 5 heteroatoms. The van der Waals surface area contributed by atoms with Crippen LogP contribution in [0.15, 0.2) is 16.8 Å². The van der Waals surface area contributed by atoms with Gasteiger partial charge in [0.05, 0.1) is 6.54 Å². The number of nitrogens with two attached hydrogens (primary N) is 1. The Morgan fingerprint density at radius 3 is 2.82 bits per heavy atom. The van der Waals surface area contributed by atoms with Gasteiger partial charge in [-0.3, -0.25) is 9.69 Å². The van der Waals surface area contributed by atoms with Gasteiger partial charge in [0.1, 0.15) is 0 Å². The van der Waals surface area contributed by atoms with Crippen LogP contribution in [0.25, 0.3) is 0 Å². The Labute approximate surface area is 107 Å². The summed E-state index contributed by atoms with van der Waals surface area (Å²) in [4.78, 5) is 13.7. The second kappa shape index (κ2) is 7.42. The summed E-state index contributed by atoms with van der Waals surface area (Å²) in [6, 6.07) is 2.21. The maximum Gasteiger partial charge on any atom is 0.234 e. The van der Waals surface area contributed by atoms with Gasteiger partial charge in [0.15, 0.2) is 0 Å². The number of thiophene rings is 1. The van der Waals surface area contributed by atoms with Crippen LogP contribution in [0.1, 0.15) is 25.5 Å². The van der Waals surface area contributed by atoms with Crippen molar-refractivity contribution in [3.05, 3.63) is 22.4 Å². The molecule has 1 heterocycles. The summed E-state index contributed by atoms with van der Waals surface area (Å²) in [7, 11) is 0. The summed E-state index contributed by atoms with van der Waals surface area (Å²) in [6.07, 6.45) is 0. The molecule has 0 aromatic carbocycles. The van der Waals surface area contributed by atoms with Gasteiger partial charge >= 0.3 is 0 Å². The molecule has 4 nitrogen and oxygen atoms in total. The van der Waals surface area contributed by atoms with Crippen LogP contribution in [0.2, 0.25) is 0 Å². The highest BCUT2D eigenvalue weighted by molar-refractivity contribution is 7.07. The van der Waals surface area contributed by atoms with Gasteiger partial charge in [0.25, 0.3) is 0 Å². The fourth-order valence-corrected chi connectivity index (χ4v) is 2.55. The van der Waals surface area contributed by atoms with E-state index < -0.39 is 0 Å². The highest BCUT2D eigenvalue weighted by Gasteiger charge is 2.20. The normalized spacial score (nSPS) is 12.7. The van der Waals surface area contributed by atoms with Crippen molar-refractivity contribution in [3.8, 4) is 0 Å². The van der Waals surface area contributed by atoms with Crippen molar-refractivity contribution in [1.82, 2.24) is 10.2 Å². The molecule has 1 atom stereocenters. The smallest absolute Gasteiger partial charge is 0.234 e. The number of nitrogens with one attached hydrogen (secondary N) is 1. The van der Waals surface area contributed by atoms with Gasteiger partial charge < -0.3 is 11.1 Å². The summed E-state index contributed by atoms with van der Waals surface area (Å²) in [5.41, 5.74) is 7.02. The fourth-order valence-electron chi connectivity index (χ4n) is 1.84. The number of carbonyl (C=O) groups is 1. The zero-order valence-corrected chi connectivity index (χ0v) is 11.3. The van der Waals surface area contributed by atoms with E-state index in [0.717, 1.165) is 6.54 Å². The van der Waals surface area contributed by atoms with Gasteiger partial charge in [-0.25, -0.2) is 0 Å². The number of rotatable bonds is 7. The quantitative estimate of drug-likeness (QED) is 0.770. The van der Waals surface area contributed by atoms with E-state index in [1.54, 1.807) is 11.3 Å². The molecule has 1 rings (SSSR count). The minimum Gasteiger partial charge on any atom is -0.355 e. The lowest BCUT2D eigenvalue weighted by molar-refractivity contribution is -0.122. The van der Waals surface area contributed by atoms with Gasteiger partial charge in [0, 0.05) is 19.1 Å². The predicted molar refractivity (Wildman–Crippen MR) is 72.0 cm³/mol. The first-order valence-corrected chi connectivity index (χ1v) is 6.90. The van der Waals surface area contributed by atoms with Gasteiger partial charge in [-0.05, 0) is 35.9 Å². The molecular formula is C12H21N3OS. The third-order valence-corrected chi connectivity index (χ3v) is 3.42. The third kappa shape index (κ3) is 4.11. The van der Waals surface area contributed by atoms with Crippen molar-refractivity contribution in [2.24, 2.45) is 5.73 Å². The average Bonchev–Trinajstić information content (AvgIpc) is 2.82. The second-order valence-electron chi connectivity index (χ2n) is 3.82. The van der Waals surface area contributed by atoms with Crippen LogP contribution in [-0.4, -0.2) is 37.0 Å². The number of carbonyl (C=O) groups excluding carboxylic acids is 1. The van der Waals surface area contributed by atoms with Crippen molar-refractivity contribution >= 4 is 17.2 Å². The zero-order valence-electron chi connectivity index (χ0n) is 10.5. The Hall–Kier alpha value is -0.910. The van der Waals surface area contributed by atoms with E-state index in [9.17, 15) is 4.79 Å². The first-order valence-electron chi connectivity index (χ1n) is 5.95. The van der Waals surface area contributed by atoms with E-state index in [1.165, 1.54) is 5.56 Å². The lowest BCUT2D eigenvalue weighted by Crippen LogP contribution is -2.41. The molecule has 96 valence electrons. The number of hydrogen-bond donors (Lipinski definition) is 2. The van der Waals surface area contributed by atoms with Crippen LogP contribution >= 0.6 is 11.3 Å². The highest BCUT2D eigenvalue weighted by atomic mass is 32.1. The molecule has 1 aromatic rings. The van der Waals surface area contributed by atoms with Gasteiger partial charge in [-0.1, -0.05) is 6.92 Å². The molecule has 0 bridgehead atoms. The van der Waals surface area contributed by atoms with Crippen molar-refractivity contribution in [3.63, 3.8) is 0 Å². The maximum absolute atomic E-state index is 11.6. The molecule has 0 spiro atoms. The molecule has 0 saturated heterocycles. The lowest BCUT2D eigenvalue weighted by atomic mass is 10.1. The second-order valence-corrected chi connectivity index (χ2v) is 4.60. The molecule has 1 aromatic heterocycles. The number of amides is 1. The summed E-state index contributed by atoms with van der Waals surface area (Å²) in [5, 5.41) is 6.95. The first-order chi connectivity index (χ1) is 8.22. The minimum atomic E-state index is 0.0584. The van der Waals surface area contributed by atoms with Gasteiger partial charge in [-0.15, -0.1) is 0 Å². The fraction of sp³-hybridized carbons (Fsp3) is 0.583. The summed E-state index contributed by atoms with van der Waals surface area (Å²) in [6.45, 7) is 6.39. The molecular weight excluding hydrogens is 234 g/mol. The molecule has 0 aliphatic carbocycles. The molecule has 1 amide bonds. The van der Waals surface area contributed by atoms with Crippen molar-refractivity contribution in [2.75, 3.05) is 26.2 Å². The van der Waals surface area contributed by atoms with E-state index in [2.05, 4.69) is 21.7 Å². The molecule has 0 saturated carbocycles. The highest BCUT2D eigenvalue weighted by Crippen LogP contribution is 2.21. The SMILES string of the molecule is CCNC(=O)CN(CC)C(CN)c1ccsc1. The van der Waals surface area contributed by atoms with Crippen LogP contribution in [0, 0.1) is 0 Å². The Balaban J connectivity index is 2.67. The molecule has 0 aliphatic rings. The van der Waals surface area contributed by atoms with E-state index in [-0.39, 0.29) is 11.9 Å². The standard InChI is InChI=1S/C12H21N3OS/c1-3-14-12(16)8-15(4-2)11(7-13)10-5-6-17-9-10/h5-6,9,11H,3-4,7-8,13H2,1-2H3,(H,14,16). The topological polar surface area (TPSA) is 58.4 Å². The van der Waals surface area contributed by atoms with Crippen LogP contribution in [0.5, 0.6) is 0 Å². The largest absolute Gasteiger partial charge is 0.355 e. The monoisotopic (exact) mass is 255 g/mol. The Bertz CT molecular complexity index is 327. The van der Waals surface area contributed by atoms with Crippen molar-refractivity contribution in [2.45, 2.75) is 19.9 Å². The molecule has 17 heavy (non-hydrogen) atoms. The van der Waals surface area contributed by atoms with Gasteiger partial charge in [0.2, 0.25) is 5.91 Å². The minimum absolute atomic E-state index is 0.0584. The number of hydrogen-bond acceptors (Lipinski definition) is 4. The van der Waals surface area contributed by atoms with Crippen molar-refractivity contribution in [1.29, 1.82) is 0 Å². The van der Waals surface area contributed by atoms with Gasteiger partial charge in [-0.2, -0.15) is 11.3 Å². The van der Waals surface area contributed by atoms with E-state index >= 15 is 0 Å². The number of likely N-dealkylation sites (N-methyl/N-ethyl adjacent to an activating group) is 2. The Morgan fingerprint density at radius 2 is 2.35 bits per heavy atom. The molecule has 0 radical (unpaired) electrons. The van der Waals surface area contributed by atoms with E-state index in [4.69, 9.17) is 5.73 Å². The third-order valence-electron chi connectivity index (χ3n) is 2.72. The van der Waals surface area contributed by atoms with Crippen LogP contribution < -0.4 is 11.1 Å². The van der Waals surface area contributed by atoms with Crippen LogP contribution in [0.4, 0.5) is 0 Å². The first kappa shape index (κ1) is 14.2. The average molecular weight is 255 g/mol. The summed E-state index contributed by atoms with van der Waals surface area (Å²) < 4.78 is 0. The van der Waals surface area contributed by atoms with Crippen LogP contribution in [0.3, 0.4) is 0 Å².